The van der Waals surface area contributed by atoms with Crippen molar-refractivity contribution >= 4 is 29.3 Å². The lowest BCUT2D eigenvalue weighted by Crippen LogP contribution is -2.13. The maximum Gasteiger partial charge on any atom is 0.338 e. The molecular formula is C14H19NO3S. The molecule has 104 valence electrons. The second-order valence-electron chi connectivity index (χ2n) is 4.09. The number of nitrogens with one attached hydrogen (secondary N) is 1. The van der Waals surface area contributed by atoms with E-state index in [-0.39, 0.29) is 11.9 Å². The van der Waals surface area contributed by atoms with Crippen LogP contribution in [0.15, 0.2) is 12.1 Å². The van der Waals surface area contributed by atoms with Crippen LogP contribution in [-0.4, -0.2) is 25.2 Å². The highest BCUT2D eigenvalue weighted by atomic mass is 32.2. The lowest BCUT2D eigenvalue weighted by Gasteiger charge is -2.15. The summed E-state index contributed by atoms with van der Waals surface area (Å²) < 4.78 is 4.76. The van der Waals surface area contributed by atoms with Gasteiger partial charge in [0.05, 0.1) is 12.7 Å². The van der Waals surface area contributed by atoms with Crippen LogP contribution in [0.25, 0.3) is 0 Å². The number of carbonyl (C=O) groups excluding carboxylic acids is 2. The minimum Gasteiger partial charge on any atom is -0.465 e. The van der Waals surface area contributed by atoms with E-state index in [0.29, 0.717) is 12.0 Å². The monoisotopic (exact) mass is 281 g/mol. The molecule has 0 bridgehead atoms. The SMILES string of the molecule is CCC(=O)Nc1ccc(C(=O)OC)c(C)c1CSC. The number of thioether (sulfide) groups is 1. The lowest BCUT2D eigenvalue weighted by molar-refractivity contribution is -0.115. The van der Waals surface area contributed by atoms with Gasteiger partial charge in [0.15, 0.2) is 0 Å². The molecule has 0 aliphatic carbocycles. The summed E-state index contributed by atoms with van der Waals surface area (Å²) in [5, 5.41) is 2.87. The molecule has 1 rings (SSSR count). The van der Waals surface area contributed by atoms with E-state index in [0.717, 1.165) is 22.6 Å². The maximum atomic E-state index is 11.7. The fourth-order valence-electron chi connectivity index (χ4n) is 1.77. The van der Waals surface area contributed by atoms with Crippen LogP contribution in [-0.2, 0) is 15.3 Å². The molecule has 0 saturated heterocycles. The molecule has 1 amide bonds. The van der Waals surface area contributed by atoms with Crippen LogP contribution in [0.3, 0.4) is 0 Å². The largest absolute Gasteiger partial charge is 0.465 e. The average molecular weight is 281 g/mol. The molecule has 0 saturated carbocycles. The van der Waals surface area contributed by atoms with Gasteiger partial charge in [-0.3, -0.25) is 4.79 Å². The molecule has 0 unspecified atom stereocenters. The predicted molar refractivity (Wildman–Crippen MR) is 78.7 cm³/mol. The summed E-state index contributed by atoms with van der Waals surface area (Å²) in [5.41, 5.74) is 3.14. The van der Waals surface area contributed by atoms with Crippen molar-refractivity contribution in [1.82, 2.24) is 0 Å². The smallest absolute Gasteiger partial charge is 0.338 e. The third-order valence-corrected chi connectivity index (χ3v) is 3.46. The quantitative estimate of drug-likeness (QED) is 0.843. The van der Waals surface area contributed by atoms with Crippen molar-refractivity contribution in [2.45, 2.75) is 26.0 Å². The average Bonchev–Trinajstić information content (AvgIpc) is 2.42. The molecule has 0 aliphatic rings. The van der Waals surface area contributed by atoms with Crippen LogP contribution in [0.5, 0.6) is 0 Å². The van der Waals surface area contributed by atoms with Crippen molar-refractivity contribution in [2.75, 3.05) is 18.7 Å². The molecule has 4 nitrogen and oxygen atoms in total. The Labute approximate surface area is 117 Å². The molecule has 0 spiro atoms. The van der Waals surface area contributed by atoms with Gasteiger partial charge >= 0.3 is 5.97 Å². The fraction of sp³-hybridized carbons (Fsp3) is 0.429. The van der Waals surface area contributed by atoms with Crippen LogP contribution in [0.4, 0.5) is 5.69 Å². The Morgan fingerprint density at radius 2 is 2.05 bits per heavy atom. The Hall–Kier alpha value is -1.49. The van der Waals surface area contributed by atoms with E-state index in [4.69, 9.17) is 4.74 Å². The van der Waals surface area contributed by atoms with Gasteiger partial charge in [-0.15, -0.1) is 0 Å². The van der Waals surface area contributed by atoms with Crippen molar-refractivity contribution in [2.24, 2.45) is 0 Å². The first-order chi connectivity index (χ1) is 9.04. The molecule has 19 heavy (non-hydrogen) atoms. The van der Waals surface area contributed by atoms with Gasteiger partial charge in [0.1, 0.15) is 0 Å². The molecule has 1 aromatic rings. The first-order valence-electron chi connectivity index (χ1n) is 6.04. The molecule has 0 fully saturated rings. The minimum atomic E-state index is -0.353. The first-order valence-corrected chi connectivity index (χ1v) is 7.44. The molecule has 0 aliphatic heterocycles. The number of anilines is 1. The highest BCUT2D eigenvalue weighted by molar-refractivity contribution is 7.97. The van der Waals surface area contributed by atoms with Crippen LogP contribution in [0, 0.1) is 6.92 Å². The lowest BCUT2D eigenvalue weighted by atomic mass is 10.0. The van der Waals surface area contributed by atoms with E-state index in [9.17, 15) is 9.59 Å². The number of benzene rings is 1. The number of rotatable bonds is 5. The molecule has 0 heterocycles. The van der Waals surface area contributed by atoms with Crippen molar-refractivity contribution < 1.29 is 14.3 Å². The van der Waals surface area contributed by atoms with Crippen LogP contribution in [0.2, 0.25) is 0 Å². The second kappa shape index (κ2) is 7.19. The molecule has 1 aromatic carbocycles. The normalized spacial score (nSPS) is 10.1. The number of hydrogen-bond donors (Lipinski definition) is 1. The number of amides is 1. The van der Waals surface area contributed by atoms with Gasteiger partial charge in [0.25, 0.3) is 0 Å². The maximum absolute atomic E-state index is 11.7. The number of hydrogen-bond acceptors (Lipinski definition) is 4. The Bertz CT molecular complexity index is 486. The standard InChI is InChI=1S/C14H19NO3S/c1-5-13(16)15-12-7-6-10(14(17)18-3)9(2)11(12)8-19-4/h6-7H,5,8H2,1-4H3,(H,15,16). The van der Waals surface area contributed by atoms with Gasteiger partial charge in [0.2, 0.25) is 5.91 Å². The summed E-state index contributed by atoms with van der Waals surface area (Å²) >= 11 is 1.64. The Balaban J connectivity index is 3.22. The minimum absolute atomic E-state index is 0.0347. The van der Waals surface area contributed by atoms with Crippen molar-refractivity contribution in [3.05, 3.63) is 28.8 Å². The van der Waals surface area contributed by atoms with Crippen LogP contribution in [0.1, 0.15) is 34.8 Å². The molecular weight excluding hydrogens is 262 g/mol. The fourth-order valence-corrected chi connectivity index (χ4v) is 2.43. The van der Waals surface area contributed by atoms with E-state index in [1.165, 1.54) is 7.11 Å². The zero-order valence-corrected chi connectivity index (χ0v) is 12.5. The van der Waals surface area contributed by atoms with Crippen molar-refractivity contribution in [3.8, 4) is 0 Å². The van der Waals surface area contributed by atoms with Gasteiger partial charge in [-0.1, -0.05) is 6.92 Å². The second-order valence-corrected chi connectivity index (χ2v) is 4.96. The molecule has 5 heteroatoms. The third kappa shape index (κ3) is 3.73. The van der Waals surface area contributed by atoms with Crippen LogP contribution >= 0.6 is 11.8 Å². The summed E-state index contributed by atoms with van der Waals surface area (Å²) in [4.78, 5) is 23.2. The van der Waals surface area contributed by atoms with E-state index < -0.39 is 0 Å². The summed E-state index contributed by atoms with van der Waals surface area (Å²) in [6.45, 7) is 3.68. The molecule has 0 atom stereocenters. The summed E-state index contributed by atoms with van der Waals surface area (Å²) in [6.07, 6.45) is 2.41. The Morgan fingerprint density at radius 1 is 1.37 bits per heavy atom. The summed E-state index contributed by atoms with van der Waals surface area (Å²) in [7, 11) is 1.36. The van der Waals surface area contributed by atoms with E-state index in [1.54, 1.807) is 30.8 Å². The number of carbonyl (C=O) groups is 2. The summed E-state index contributed by atoms with van der Waals surface area (Å²) in [6, 6.07) is 3.45. The predicted octanol–water partition coefficient (Wildman–Crippen LogP) is 2.99. The summed E-state index contributed by atoms with van der Waals surface area (Å²) in [5.74, 6) is 0.344. The molecule has 0 radical (unpaired) electrons. The highest BCUT2D eigenvalue weighted by Crippen LogP contribution is 2.27. The van der Waals surface area contributed by atoms with Gasteiger partial charge in [-0.05, 0) is 36.4 Å². The number of methoxy groups -OCH3 is 1. The first kappa shape index (κ1) is 15.6. The van der Waals surface area contributed by atoms with Gasteiger partial charge < -0.3 is 10.1 Å². The van der Waals surface area contributed by atoms with Crippen molar-refractivity contribution in [3.63, 3.8) is 0 Å². The Kier molecular flexibility index (Phi) is 5.89. The van der Waals surface area contributed by atoms with Gasteiger partial charge in [-0.25, -0.2) is 4.79 Å². The number of ether oxygens (including phenoxy) is 1. The third-order valence-electron chi connectivity index (χ3n) is 2.89. The topological polar surface area (TPSA) is 55.4 Å². The van der Waals surface area contributed by atoms with Gasteiger partial charge in [0, 0.05) is 17.9 Å². The number of esters is 1. The Morgan fingerprint density at radius 3 is 2.58 bits per heavy atom. The highest BCUT2D eigenvalue weighted by Gasteiger charge is 2.16. The molecule has 1 N–H and O–H groups in total. The van der Waals surface area contributed by atoms with E-state index in [1.807, 2.05) is 13.2 Å². The van der Waals surface area contributed by atoms with Crippen LogP contribution < -0.4 is 5.32 Å². The van der Waals surface area contributed by atoms with E-state index >= 15 is 0 Å². The molecule has 0 aromatic heterocycles. The zero-order chi connectivity index (χ0) is 14.4. The zero-order valence-electron chi connectivity index (χ0n) is 11.7. The van der Waals surface area contributed by atoms with Crippen molar-refractivity contribution in [1.29, 1.82) is 0 Å². The van der Waals surface area contributed by atoms with E-state index in [2.05, 4.69) is 5.32 Å². The van der Waals surface area contributed by atoms with Gasteiger partial charge in [-0.2, -0.15) is 11.8 Å².